The SMILES string of the molecule is CCCC[n+]1ccn2c1C1c3ccccc3C2CC1(c1ccoc1)c1ccoc1.[Cl-]. The molecule has 0 N–H and O–H groups in total. The lowest BCUT2D eigenvalue weighted by Crippen LogP contribution is -3.00. The molecule has 1 aliphatic carbocycles. The molecule has 0 fully saturated rings. The van der Waals surface area contributed by atoms with E-state index in [1.54, 1.807) is 12.5 Å². The van der Waals surface area contributed by atoms with Gasteiger partial charge in [0.2, 0.25) is 0 Å². The molecule has 0 radical (unpaired) electrons. The number of furan rings is 2. The number of halogens is 1. The predicted molar refractivity (Wildman–Crippen MR) is 109 cm³/mol. The van der Waals surface area contributed by atoms with Gasteiger partial charge in [0.05, 0.1) is 31.6 Å². The maximum atomic E-state index is 5.61. The van der Waals surface area contributed by atoms with E-state index in [0.717, 1.165) is 13.0 Å². The molecule has 7 rings (SSSR count). The van der Waals surface area contributed by atoms with Gasteiger partial charge in [-0.1, -0.05) is 37.6 Å². The highest BCUT2D eigenvalue weighted by Crippen LogP contribution is 2.61. The van der Waals surface area contributed by atoms with Crippen molar-refractivity contribution < 1.29 is 25.8 Å². The molecular formula is C25H25ClN2O2. The second-order valence-electron chi connectivity index (χ2n) is 8.39. The van der Waals surface area contributed by atoms with E-state index in [2.05, 4.69) is 64.8 Å². The van der Waals surface area contributed by atoms with E-state index in [1.165, 1.54) is 40.9 Å². The Bertz CT molecular complexity index is 1110. The summed E-state index contributed by atoms with van der Waals surface area (Å²) < 4.78 is 16.2. The molecule has 0 saturated carbocycles. The summed E-state index contributed by atoms with van der Waals surface area (Å²) in [6.07, 6.45) is 15.4. The maximum Gasteiger partial charge on any atom is 0.265 e. The van der Waals surface area contributed by atoms with Crippen LogP contribution in [0.4, 0.5) is 0 Å². The third-order valence-electron chi connectivity index (χ3n) is 7.06. The molecule has 3 aliphatic rings. The first kappa shape index (κ1) is 19.3. The fourth-order valence-corrected chi connectivity index (χ4v) is 5.80. The van der Waals surface area contributed by atoms with Gasteiger partial charge in [-0.3, -0.25) is 0 Å². The van der Waals surface area contributed by atoms with E-state index in [1.807, 2.05) is 12.5 Å². The van der Waals surface area contributed by atoms with E-state index < -0.39 is 0 Å². The Balaban J connectivity index is 0.00000193. The van der Waals surface area contributed by atoms with Crippen LogP contribution in [0.2, 0.25) is 0 Å². The van der Waals surface area contributed by atoms with Gasteiger partial charge in [0, 0.05) is 28.5 Å². The van der Waals surface area contributed by atoms with Crippen LogP contribution in [0.15, 0.2) is 82.7 Å². The van der Waals surface area contributed by atoms with Gasteiger partial charge < -0.3 is 21.2 Å². The minimum Gasteiger partial charge on any atom is -1.00 e. The molecule has 30 heavy (non-hydrogen) atoms. The number of hydrogen-bond acceptors (Lipinski definition) is 2. The van der Waals surface area contributed by atoms with Gasteiger partial charge in [-0.2, -0.15) is 0 Å². The standard InChI is InChI=1S/C25H25N2O2.ClH/c1-2-3-10-26-11-12-27-22-15-25(18-8-13-28-16-18,19-9-14-29-17-19)23(24(26)27)21-7-5-4-6-20(21)22;/h4-9,11-14,16-17,22-23H,2-3,10,15H2,1H3;1H/q+1;/p-1. The summed E-state index contributed by atoms with van der Waals surface area (Å²) in [4.78, 5) is 0. The highest BCUT2D eigenvalue weighted by molar-refractivity contribution is 5.54. The number of fused-ring (bicyclic) bond motifs is 1. The van der Waals surface area contributed by atoms with Gasteiger partial charge in [-0.15, -0.1) is 0 Å². The Morgan fingerprint density at radius 2 is 1.73 bits per heavy atom. The number of unbranched alkanes of at least 4 members (excludes halogenated alkanes) is 1. The zero-order chi connectivity index (χ0) is 19.4. The summed E-state index contributed by atoms with van der Waals surface area (Å²) in [7, 11) is 0. The number of nitrogens with zero attached hydrogens (tertiary/aromatic N) is 2. The van der Waals surface area contributed by atoms with Crippen LogP contribution in [-0.4, -0.2) is 4.57 Å². The van der Waals surface area contributed by atoms with E-state index >= 15 is 0 Å². The first-order valence-electron chi connectivity index (χ1n) is 10.6. The lowest BCUT2D eigenvalue weighted by Gasteiger charge is -2.49. The third kappa shape index (κ3) is 2.43. The van der Waals surface area contributed by atoms with Crippen LogP contribution in [0.1, 0.15) is 66.2 Å². The van der Waals surface area contributed by atoms with Crippen molar-refractivity contribution in [2.24, 2.45) is 0 Å². The van der Waals surface area contributed by atoms with Crippen LogP contribution < -0.4 is 17.0 Å². The summed E-state index contributed by atoms with van der Waals surface area (Å²) in [5.74, 6) is 1.61. The van der Waals surface area contributed by atoms with Crippen molar-refractivity contribution in [1.82, 2.24) is 4.57 Å². The molecule has 154 valence electrons. The Morgan fingerprint density at radius 3 is 2.37 bits per heavy atom. The predicted octanol–water partition coefficient (Wildman–Crippen LogP) is 2.19. The van der Waals surface area contributed by atoms with E-state index in [-0.39, 0.29) is 23.7 Å². The Morgan fingerprint density at radius 1 is 1.03 bits per heavy atom. The molecule has 4 nitrogen and oxygen atoms in total. The molecular weight excluding hydrogens is 396 g/mol. The van der Waals surface area contributed by atoms with Crippen LogP contribution >= 0.6 is 0 Å². The maximum absolute atomic E-state index is 5.61. The van der Waals surface area contributed by atoms with Gasteiger partial charge in [0.25, 0.3) is 5.82 Å². The second-order valence-corrected chi connectivity index (χ2v) is 8.39. The Hall–Kier alpha value is -2.72. The fraction of sp³-hybridized carbons (Fsp3) is 0.320. The Labute approximate surface area is 182 Å². The van der Waals surface area contributed by atoms with Crippen LogP contribution in [0.5, 0.6) is 0 Å². The highest BCUT2D eigenvalue weighted by Gasteiger charge is 2.60. The van der Waals surface area contributed by atoms with E-state index in [9.17, 15) is 0 Å². The smallest absolute Gasteiger partial charge is 0.265 e. The molecule has 0 saturated heterocycles. The summed E-state index contributed by atoms with van der Waals surface area (Å²) >= 11 is 0. The number of aromatic nitrogens is 2. The number of aryl methyl sites for hydroxylation is 1. The van der Waals surface area contributed by atoms with Crippen LogP contribution in [0.25, 0.3) is 0 Å². The van der Waals surface area contributed by atoms with Gasteiger partial charge in [-0.05, 0) is 24.1 Å². The zero-order valence-electron chi connectivity index (χ0n) is 17.0. The van der Waals surface area contributed by atoms with Crippen LogP contribution in [0, 0.1) is 0 Å². The third-order valence-corrected chi connectivity index (χ3v) is 7.06. The summed E-state index contributed by atoms with van der Waals surface area (Å²) in [5.41, 5.74) is 5.16. The zero-order valence-corrected chi connectivity index (χ0v) is 17.8. The lowest BCUT2D eigenvalue weighted by atomic mass is 9.55. The fourth-order valence-electron chi connectivity index (χ4n) is 5.80. The first-order chi connectivity index (χ1) is 14.3. The molecule has 5 heteroatoms. The monoisotopic (exact) mass is 420 g/mol. The minimum absolute atomic E-state index is 0. The molecule has 2 bridgehead atoms. The lowest BCUT2D eigenvalue weighted by molar-refractivity contribution is -0.706. The van der Waals surface area contributed by atoms with E-state index in [0.29, 0.717) is 6.04 Å². The van der Waals surface area contributed by atoms with Crippen molar-refractivity contribution in [3.63, 3.8) is 0 Å². The molecule has 3 aromatic heterocycles. The highest BCUT2D eigenvalue weighted by atomic mass is 35.5. The first-order valence-corrected chi connectivity index (χ1v) is 10.6. The van der Waals surface area contributed by atoms with Crippen molar-refractivity contribution in [3.05, 3.63) is 102 Å². The molecule has 2 atom stereocenters. The normalized spacial score (nSPS) is 20.4. The van der Waals surface area contributed by atoms with Crippen molar-refractivity contribution >= 4 is 0 Å². The number of rotatable bonds is 5. The van der Waals surface area contributed by atoms with E-state index in [4.69, 9.17) is 8.83 Å². The van der Waals surface area contributed by atoms with Crippen molar-refractivity contribution in [2.45, 2.75) is 50.1 Å². The quantitative estimate of drug-likeness (QED) is 0.464. The topological polar surface area (TPSA) is 35.1 Å². The molecule has 0 amide bonds. The second kappa shape index (κ2) is 7.21. The average Bonchev–Trinajstić information content (AvgIpc) is 3.54. The Kier molecular flexibility index (Phi) is 4.62. The van der Waals surface area contributed by atoms with Crippen molar-refractivity contribution in [1.29, 1.82) is 0 Å². The molecule has 4 aromatic rings. The number of hydrogen-bond donors (Lipinski definition) is 0. The largest absolute Gasteiger partial charge is 1.00 e. The van der Waals surface area contributed by atoms with Gasteiger partial charge >= 0.3 is 0 Å². The molecule has 5 heterocycles. The minimum atomic E-state index is -0.193. The van der Waals surface area contributed by atoms with Crippen LogP contribution in [0.3, 0.4) is 0 Å². The molecule has 2 unspecified atom stereocenters. The van der Waals surface area contributed by atoms with Gasteiger partial charge in [0.1, 0.15) is 24.4 Å². The van der Waals surface area contributed by atoms with Gasteiger partial charge in [0.15, 0.2) is 0 Å². The van der Waals surface area contributed by atoms with Crippen molar-refractivity contribution in [2.75, 3.05) is 0 Å². The number of imidazole rings is 1. The molecule has 2 aliphatic heterocycles. The summed E-state index contributed by atoms with van der Waals surface area (Å²) in [6, 6.07) is 13.6. The summed E-state index contributed by atoms with van der Waals surface area (Å²) in [6.45, 7) is 3.31. The molecule has 1 aromatic carbocycles. The van der Waals surface area contributed by atoms with Crippen molar-refractivity contribution in [3.8, 4) is 0 Å². The summed E-state index contributed by atoms with van der Waals surface area (Å²) in [5, 5.41) is 0. The average molecular weight is 421 g/mol. The molecule has 0 spiro atoms. The number of benzene rings is 1. The van der Waals surface area contributed by atoms with Gasteiger partial charge in [-0.25, -0.2) is 9.13 Å². The van der Waals surface area contributed by atoms with Crippen LogP contribution in [-0.2, 0) is 12.0 Å².